The molecule has 2 aliphatic heterocycles. The molecule has 0 aromatic carbocycles. The molecule has 0 spiro atoms. The molecule has 0 bridgehead atoms. The van der Waals surface area contributed by atoms with E-state index in [0.717, 1.165) is 70.0 Å². The van der Waals surface area contributed by atoms with Crippen molar-refractivity contribution in [3.63, 3.8) is 0 Å². The van der Waals surface area contributed by atoms with E-state index >= 15 is 0 Å². The maximum Gasteiger partial charge on any atom is 0.254 e. The summed E-state index contributed by atoms with van der Waals surface area (Å²) in [6.07, 6.45) is 5.98. The van der Waals surface area contributed by atoms with E-state index in [-0.39, 0.29) is 5.91 Å². The average Bonchev–Trinajstić information content (AvgIpc) is 3.17. The van der Waals surface area contributed by atoms with Gasteiger partial charge in [0.15, 0.2) is 0 Å². The van der Waals surface area contributed by atoms with Crippen LogP contribution in [0, 0.1) is 0 Å². The Morgan fingerprint density at radius 2 is 1.85 bits per heavy atom. The first kappa shape index (κ1) is 17.2. The molecule has 0 unspecified atom stereocenters. The Morgan fingerprint density at radius 3 is 2.58 bits per heavy atom. The number of piperidine rings is 1. The van der Waals surface area contributed by atoms with Gasteiger partial charge in [-0.25, -0.2) is 4.98 Å². The summed E-state index contributed by atoms with van der Waals surface area (Å²) in [7, 11) is 0. The summed E-state index contributed by atoms with van der Waals surface area (Å²) in [5.41, 5.74) is 1.03. The fraction of sp³-hybridized carbons (Fsp3) is 0.667. The number of hydrogen-bond donors (Lipinski definition) is 0. The smallest absolute Gasteiger partial charge is 0.254 e. The number of aromatic nitrogens is 4. The molecule has 2 saturated heterocycles. The van der Waals surface area contributed by atoms with Crippen molar-refractivity contribution in [2.24, 2.45) is 0 Å². The number of likely N-dealkylation sites (tertiary alicyclic amines) is 1. The number of amides is 1. The van der Waals surface area contributed by atoms with Crippen LogP contribution in [0.1, 0.15) is 31.9 Å². The summed E-state index contributed by atoms with van der Waals surface area (Å²) in [5.74, 6) is 1.99. The molecule has 2 aromatic heterocycles. The number of carbonyl (C=O) groups excluding carboxylic acids is 1. The van der Waals surface area contributed by atoms with Gasteiger partial charge in [-0.15, -0.1) is 0 Å². The lowest BCUT2D eigenvalue weighted by atomic mass is 10.1. The third kappa shape index (κ3) is 3.51. The monoisotopic (exact) mass is 357 g/mol. The summed E-state index contributed by atoms with van der Waals surface area (Å²) < 4.78 is 1.81. The molecule has 0 aliphatic carbocycles. The minimum Gasteiger partial charge on any atom is -0.354 e. The fourth-order valence-electron chi connectivity index (χ4n) is 3.82. The number of hydrogen-bond acceptors (Lipinski definition) is 6. The molecule has 0 atom stereocenters. The summed E-state index contributed by atoms with van der Waals surface area (Å²) in [6.45, 7) is 8.05. The zero-order chi connectivity index (χ0) is 17.9. The molecule has 8 heteroatoms. The molecule has 8 nitrogen and oxygen atoms in total. The van der Waals surface area contributed by atoms with Crippen molar-refractivity contribution in [1.82, 2.24) is 29.4 Å². The highest BCUT2D eigenvalue weighted by molar-refractivity contribution is 5.78. The molecule has 1 amide bonds. The topological polar surface area (TPSA) is 69.9 Å². The second-order valence-corrected chi connectivity index (χ2v) is 7.14. The maximum absolute atomic E-state index is 12.5. The quantitative estimate of drug-likeness (QED) is 0.807. The van der Waals surface area contributed by atoms with E-state index < -0.39 is 0 Å². The van der Waals surface area contributed by atoms with Crippen LogP contribution in [-0.4, -0.2) is 81.1 Å². The van der Waals surface area contributed by atoms with Crippen molar-refractivity contribution < 1.29 is 4.79 Å². The van der Waals surface area contributed by atoms with E-state index in [2.05, 4.69) is 37.9 Å². The van der Waals surface area contributed by atoms with Crippen LogP contribution in [0.3, 0.4) is 0 Å². The highest BCUT2D eigenvalue weighted by atomic mass is 16.2. The van der Waals surface area contributed by atoms with Crippen LogP contribution >= 0.6 is 0 Å². The molecular weight excluding hydrogens is 330 g/mol. The lowest BCUT2D eigenvalue weighted by molar-refractivity contribution is -0.133. The van der Waals surface area contributed by atoms with Crippen molar-refractivity contribution in [3.8, 4) is 0 Å². The van der Waals surface area contributed by atoms with Gasteiger partial charge in [-0.05, 0) is 25.7 Å². The van der Waals surface area contributed by atoms with Gasteiger partial charge in [0.05, 0.1) is 6.54 Å². The van der Waals surface area contributed by atoms with Crippen LogP contribution in [0.5, 0.6) is 0 Å². The zero-order valence-electron chi connectivity index (χ0n) is 15.5. The van der Waals surface area contributed by atoms with Crippen LogP contribution in [-0.2, 0) is 11.2 Å². The van der Waals surface area contributed by atoms with Crippen molar-refractivity contribution in [2.75, 3.05) is 50.7 Å². The van der Waals surface area contributed by atoms with E-state index in [1.54, 1.807) is 6.33 Å². The molecule has 140 valence electrons. The van der Waals surface area contributed by atoms with Crippen molar-refractivity contribution in [2.45, 2.75) is 32.6 Å². The Kier molecular flexibility index (Phi) is 5.01. The van der Waals surface area contributed by atoms with Crippen LogP contribution in [0.4, 0.5) is 5.82 Å². The van der Waals surface area contributed by atoms with Crippen LogP contribution in [0.2, 0.25) is 0 Å². The number of carbonyl (C=O) groups is 1. The van der Waals surface area contributed by atoms with Gasteiger partial charge in [-0.2, -0.15) is 14.6 Å². The minimum absolute atomic E-state index is 0.286. The van der Waals surface area contributed by atoms with Gasteiger partial charge in [0.2, 0.25) is 5.91 Å². The van der Waals surface area contributed by atoms with E-state index in [9.17, 15) is 4.79 Å². The number of fused-ring (bicyclic) bond motifs is 1. The predicted molar refractivity (Wildman–Crippen MR) is 99.2 cm³/mol. The lowest BCUT2D eigenvalue weighted by Gasteiger charge is -2.37. The highest BCUT2D eigenvalue weighted by Crippen LogP contribution is 2.19. The van der Waals surface area contributed by atoms with Gasteiger partial charge >= 0.3 is 0 Å². The van der Waals surface area contributed by atoms with Gasteiger partial charge < -0.3 is 9.80 Å². The number of nitrogens with zero attached hydrogens (tertiary/aromatic N) is 7. The van der Waals surface area contributed by atoms with Crippen LogP contribution in [0.15, 0.2) is 12.4 Å². The van der Waals surface area contributed by atoms with Gasteiger partial charge in [-0.3, -0.25) is 9.69 Å². The predicted octanol–water partition coefficient (Wildman–Crippen LogP) is 0.821. The Bertz CT molecular complexity index is 760. The van der Waals surface area contributed by atoms with Crippen LogP contribution in [0.25, 0.3) is 5.78 Å². The third-order valence-electron chi connectivity index (χ3n) is 5.41. The van der Waals surface area contributed by atoms with E-state index in [0.29, 0.717) is 12.3 Å². The summed E-state index contributed by atoms with van der Waals surface area (Å²) in [5, 5.41) is 4.32. The standard InChI is InChI=1S/C18H27N7O/c1-2-15-12-16(25-18(21-15)19-14-20-25)23-10-8-22(9-11-23)13-17(26)24-6-4-3-5-7-24/h12,14H,2-11,13H2,1H3. The normalized spacial score (nSPS) is 19.3. The van der Waals surface area contributed by atoms with Gasteiger partial charge in [-0.1, -0.05) is 6.92 Å². The SMILES string of the molecule is CCc1cc(N2CCN(CC(=O)N3CCCCC3)CC2)n2ncnc2n1. The Morgan fingerprint density at radius 1 is 1.08 bits per heavy atom. The molecule has 0 saturated carbocycles. The molecule has 2 aliphatic rings. The maximum atomic E-state index is 12.5. The second kappa shape index (κ2) is 7.57. The summed E-state index contributed by atoms with van der Waals surface area (Å²) in [4.78, 5) is 27.9. The first-order valence-electron chi connectivity index (χ1n) is 9.69. The molecule has 2 fully saturated rings. The average molecular weight is 357 g/mol. The molecule has 26 heavy (non-hydrogen) atoms. The Labute approximate surface area is 153 Å². The molecule has 2 aromatic rings. The number of piperazine rings is 1. The van der Waals surface area contributed by atoms with Gasteiger partial charge in [0.25, 0.3) is 5.78 Å². The molecular formula is C18H27N7O. The highest BCUT2D eigenvalue weighted by Gasteiger charge is 2.24. The van der Waals surface area contributed by atoms with Crippen molar-refractivity contribution in [3.05, 3.63) is 18.1 Å². The third-order valence-corrected chi connectivity index (χ3v) is 5.41. The minimum atomic E-state index is 0.286. The van der Waals surface area contributed by atoms with E-state index in [4.69, 9.17) is 0 Å². The Balaban J connectivity index is 1.39. The molecule has 4 heterocycles. The zero-order valence-corrected chi connectivity index (χ0v) is 15.5. The molecule has 4 rings (SSSR count). The lowest BCUT2D eigenvalue weighted by Crippen LogP contribution is -2.51. The van der Waals surface area contributed by atoms with Crippen molar-refractivity contribution >= 4 is 17.5 Å². The summed E-state index contributed by atoms with van der Waals surface area (Å²) in [6, 6.07) is 2.11. The first-order valence-corrected chi connectivity index (χ1v) is 9.69. The van der Waals surface area contributed by atoms with Gasteiger partial charge in [0, 0.05) is 51.0 Å². The van der Waals surface area contributed by atoms with E-state index in [1.807, 2.05) is 9.42 Å². The largest absolute Gasteiger partial charge is 0.354 e. The summed E-state index contributed by atoms with van der Waals surface area (Å²) >= 11 is 0. The Hall–Kier alpha value is -2.22. The second-order valence-electron chi connectivity index (χ2n) is 7.14. The van der Waals surface area contributed by atoms with Crippen LogP contribution < -0.4 is 4.90 Å². The first-order chi connectivity index (χ1) is 12.7. The fourth-order valence-corrected chi connectivity index (χ4v) is 3.82. The van der Waals surface area contributed by atoms with Gasteiger partial charge in [0.1, 0.15) is 12.1 Å². The van der Waals surface area contributed by atoms with Crippen molar-refractivity contribution in [1.29, 1.82) is 0 Å². The number of anilines is 1. The van der Waals surface area contributed by atoms with E-state index in [1.165, 1.54) is 6.42 Å². The molecule has 0 N–H and O–H groups in total. The number of rotatable bonds is 4. The molecule has 0 radical (unpaired) electrons. The number of aryl methyl sites for hydroxylation is 1.